The van der Waals surface area contributed by atoms with E-state index in [4.69, 9.17) is 14.5 Å². The molecule has 1 saturated carbocycles. The van der Waals surface area contributed by atoms with Crippen molar-refractivity contribution >= 4 is 0 Å². The SMILES string of the molecule is C1=C(COC2CCCCC23COOOO3)CCCC1. The van der Waals surface area contributed by atoms with Gasteiger partial charge in [0.25, 0.3) is 0 Å². The number of allylic oxidation sites excluding steroid dienone is 1. The van der Waals surface area contributed by atoms with Gasteiger partial charge in [-0.25, -0.2) is 4.89 Å². The molecule has 0 aromatic rings. The molecule has 1 heterocycles. The van der Waals surface area contributed by atoms with E-state index in [-0.39, 0.29) is 6.10 Å². The van der Waals surface area contributed by atoms with Crippen molar-refractivity contribution in [1.29, 1.82) is 0 Å². The predicted octanol–water partition coefficient (Wildman–Crippen LogP) is 3.01. The molecule has 2 aliphatic carbocycles. The lowest BCUT2D eigenvalue weighted by atomic mass is 9.82. The van der Waals surface area contributed by atoms with Crippen molar-refractivity contribution in [2.24, 2.45) is 0 Å². The molecule has 19 heavy (non-hydrogen) atoms. The first-order chi connectivity index (χ1) is 9.39. The Labute approximate surface area is 113 Å². The zero-order valence-electron chi connectivity index (χ0n) is 11.3. The van der Waals surface area contributed by atoms with Crippen LogP contribution >= 0.6 is 0 Å². The van der Waals surface area contributed by atoms with Crippen molar-refractivity contribution in [2.75, 3.05) is 13.2 Å². The first-order valence-electron chi connectivity index (χ1n) is 7.33. The van der Waals surface area contributed by atoms with Crippen LogP contribution in [0.3, 0.4) is 0 Å². The van der Waals surface area contributed by atoms with Gasteiger partial charge in [-0.05, 0) is 54.2 Å². The molecule has 108 valence electrons. The van der Waals surface area contributed by atoms with Gasteiger partial charge in [-0.1, -0.05) is 18.9 Å². The lowest BCUT2D eigenvalue weighted by molar-refractivity contribution is -0.695. The average Bonchev–Trinajstić information content (AvgIpc) is 2.48. The first kappa shape index (κ1) is 13.5. The molecule has 5 heteroatoms. The van der Waals surface area contributed by atoms with E-state index in [1.807, 2.05) is 0 Å². The number of hydrogen-bond acceptors (Lipinski definition) is 5. The Morgan fingerprint density at radius 1 is 1.21 bits per heavy atom. The van der Waals surface area contributed by atoms with Gasteiger partial charge < -0.3 is 4.74 Å². The Morgan fingerprint density at radius 2 is 2.21 bits per heavy atom. The zero-order chi connectivity index (χ0) is 13.0. The molecule has 0 N–H and O–H groups in total. The third kappa shape index (κ3) is 3.17. The van der Waals surface area contributed by atoms with Crippen LogP contribution in [-0.4, -0.2) is 24.9 Å². The van der Waals surface area contributed by atoms with E-state index < -0.39 is 5.60 Å². The smallest absolute Gasteiger partial charge is 0.159 e. The molecule has 2 atom stereocenters. The molecule has 2 unspecified atom stereocenters. The molecule has 1 aliphatic heterocycles. The largest absolute Gasteiger partial charge is 0.371 e. The minimum Gasteiger partial charge on any atom is -0.371 e. The Balaban J connectivity index is 1.58. The normalized spacial score (nSPS) is 36.2. The van der Waals surface area contributed by atoms with Gasteiger partial charge in [0.15, 0.2) is 5.60 Å². The molecule has 1 spiro atoms. The van der Waals surface area contributed by atoms with Crippen molar-refractivity contribution in [3.8, 4) is 0 Å². The topological polar surface area (TPSA) is 46.2 Å². The van der Waals surface area contributed by atoms with E-state index in [1.54, 1.807) is 0 Å². The maximum absolute atomic E-state index is 6.11. The predicted molar refractivity (Wildman–Crippen MR) is 66.7 cm³/mol. The Kier molecular flexibility index (Phi) is 4.50. The van der Waals surface area contributed by atoms with Gasteiger partial charge in [0.2, 0.25) is 0 Å². The van der Waals surface area contributed by atoms with E-state index in [9.17, 15) is 0 Å². The van der Waals surface area contributed by atoms with Crippen LogP contribution in [0.25, 0.3) is 0 Å². The molecule has 5 nitrogen and oxygen atoms in total. The Hall–Kier alpha value is -0.460. The van der Waals surface area contributed by atoms with Crippen molar-refractivity contribution in [2.45, 2.75) is 63.1 Å². The molecule has 3 rings (SSSR count). The van der Waals surface area contributed by atoms with E-state index in [1.165, 1.54) is 24.8 Å². The summed E-state index contributed by atoms with van der Waals surface area (Å²) in [6.45, 7) is 1.08. The van der Waals surface area contributed by atoms with Crippen molar-refractivity contribution in [3.63, 3.8) is 0 Å². The Bertz CT molecular complexity index is 314. The summed E-state index contributed by atoms with van der Waals surface area (Å²) in [5.41, 5.74) is 0.923. The summed E-state index contributed by atoms with van der Waals surface area (Å²) in [7, 11) is 0. The van der Waals surface area contributed by atoms with Crippen molar-refractivity contribution in [3.05, 3.63) is 11.6 Å². The summed E-state index contributed by atoms with van der Waals surface area (Å²) >= 11 is 0. The lowest BCUT2D eigenvalue weighted by Crippen LogP contribution is -2.54. The highest BCUT2D eigenvalue weighted by Crippen LogP contribution is 2.37. The summed E-state index contributed by atoms with van der Waals surface area (Å²) in [4.78, 5) is 10.3. The molecule has 3 aliphatic rings. The van der Waals surface area contributed by atoms with Crippen LogP contribution in [0.5, 0.6) is 0 Å². The second kappa shape index (κ2) is 6.33. The van der Waals surface area contributed by atoms with E-state index >= 15 is 0 Å². The van der Waals surface area contributed by atoms with E-state index in [0.29, 0.717) is 13.2 Å². The second-order valence-electron chi connectivity index (χ2n) is 5.70. The molecular weight excluding hydrogens is 248 g/mol. The number of rotatable bonds is 3. The minimum absolute atomic E-state index is 0.0213. The monoisotopic (exact) mass is 270 g/mol. The number of ether oxygens (including phenoxy) is 1. The van der Waals surface area contributed by atoms with Gasteiger partial charge in [-0.15, -0.1) is 0 Å². The fourth-order valence-corrected chi connectivity index (χ4v) is 3.17. The summed E-state index contributed by atoms with van der Waals surface area (Å²) in [5, 5.41) is 8.92. The van der Waals surface area contributed by atoms with Gasteiger partial charge in [-0.2, -0.15) is 4.89 Å². The summed E-state index contributed by atoms with van der Waals surface area (Å²) < 4.78 is 6.11. The fraction of sp³-hybridized carbons (Fsp3) is 0.857. The van der Waals surface area contributed by atoms with Crippen LogP contribution in [0, 0.1) is 0 Å². The first-order valence-corrected chi connectivity index (χ1v) is 7.33. The highest BCUT2D eigenvalue weighted by atomic mass is 17.7. The van der Waals surface area contributed by atoms with Gasteiger partial charge in [-0.3, -0.25) is 0 Å². The molecular formula is C14H22O5. The van der Waals surface area contributed by atoms with Gasteiger partial charge in [0.05, 0.1) is 12.7 Å². The van der Waals surface area contributed by atoms with Crippen molar-refractivity contribution in [1.82, 2.24) is 0 Å². The quantitative estimate of drug-likeness (QED) is 0.582. The molecule has 0 aromatic carbocycles. The van der Waals surface area contributed by atoms with Crippen molar-refractivity contribution < 1.29 is 24.6 Å². The standard InChI is InChI=1S/C14H22O5/c1-2-6-12(7-3-1)10-15-13-8-4-5-9-14(13)11-16-18-19-17-14/h6,13H,1-5,7-11H2. The molecule has 0 amide bonds. The van der Waals surface area contributed by atoms with Gasteiger partial charge >= 0.3 is 0 Å². The van der Waals surface area contributed by atoms with Crippen LogP contribution in [0.2, 0.25) is 0 Å². The molecule has 0 aromatic heterocycles. The van der Waals surface area contributed by atoms with E-state index in [0.717, 1.165) is 32.1 Å². The highest BCUT2D eigenvalue weighted by Gasteiger charge is 2.47. The second-order valence-corrected chi connectivity index (χ2v) is 5.70. The summed E-state index contributed by atoms with van der Waals surface area (Å²) in [6, 6.07) is 0. The Morgan fingerprint density at radius 3 is 3.00 bits per heavy atom. The van der Waals surface area contributed by atoms with Gasteiger partial charge in [0, 0.05) is 0 Å². The molecule has 2 fully saturated rings. The number of hydrogen-bond donors (Lipinski definition) is 0. The fourth-order valence-electron chi connectivity index (χ4n) is 3.17. The van der Waals surface area contributed by atoms with E-state index in [2.05, 4.69) is 16.2 Å². The summed E-state index contributed by atoms with van der Waals surface area (Å²) in [5.74, 6) is 0. The van der Waals surface area contributed by atoms with Gasteiger partial charge in [0.1, 0.15) is 6.61 Å². The lowest BCUT2D eigenvalue weighted by Gasteiger charge is -2.42. The van der Waals surface area contributed by atoms with Crippen LogP contribution in [0.4, 0.5) is 0 Å². The van der Waals surface area contributed by atoms with Crippen LogP contribution < -0.4 is 0 Å². The zero-order valence-corrected chi connectivity index (χ0v) is 11.3. The van der Waals surface area contributed by atoms with Crippen LogP contribution in [0.1, 0.15) is 51.4 Å². The van der Waals surface area contributed by atoms with Crippen LogP contribution in [-0.2, 0) is 24.6 Å². The molecule has 1 saturated heterocycles. The average molecular weight is 270 g/mol. The summed E-state index contributed by atoms with van der Waals surface area (Å²) in [6.07, 6.45) is 11.4. The maximum atomic E-state index is 6.11. The third-order valence-corrected chi connectivity index (χ3v) is 4.34. The third-order valence-electron chi connectivity index (χ3n) is 4.34. The maximum Gasteiger partial charge on any atom is 0.159 e. The molecule has 0 bridgehead atoms. The molecule has 0 radical (unpaired) electrons. The highest BCUT2D eigenvalue weighted by molar-refractivity contribution is 5.06. The van der Waals surface area contributed by atoms with Crippen LogP contribution in [0.15, 0.2) is 11.6 Å². The minimum atomic E-state index is -0.494.